The molecule has 0 saturated heterocycles. The van der Waals surface area contributed by atoms with Crippen molar-refractivity contribution >= 4 is 17.6 Å². The van der Waals surface area contributed by atoms with Gasteiger partial charge in [-0.25, -0.2) is 4.79 Å². The van der Waals surface area contributed by atoms with E-state index in [4.69, 9.17) is 4.74 Å². The van der Waals surface area contributed by atoms with Gasteiger partial charge in [0.25, 0.3) is 5.91 Å². The van der Waals surface area contributed by atoms with Crippen molar-refractivity contribution in [3.05, 3.63) is 52.3 Å². The SMILES string of the molecule is Cc1[nH]c(C(=O)OCC(=O)N2CCc3ccccc32)c(C)c1[C@H](C)O. The van der Waals surface area contributed by atoms with Crippen LogP contribution >= 0.6 is 0 Å². The molecular formula is C19H22N2O4. The van der Waals surface area contributed by atoms with Crippen molar-refractivity contribution in [1.29, 1.82) is 0 Å². The summed E-state index contributed by atoms with van der Waals surface area (Å²) in [7, 11) is 0. The van der Waals surface area contributed by atoms with Crippen LogP contribution in [0.2, 0.25) is 0 Å². The number of carbonyl (C=O) groups is 2. The van der Waals surface area contributed by atoms with Crippen molar-refractivity contribution in [2.75, 3.05) is 18.1 Å². The highest BCUT2D eigenvalue weighted by Gasteiger charge is 2.26. The maximum atomic E-state index is 12.4. The molecule has 2 N–H and O–H groups in total. The lowest BCUT2D eigenvalue weighted by Gasteiger charge is -2.17. The van der Waals surface area contributed by atoms with Crippen LogP contribution < -0.4 is 4.90 Å². The van der Waals surface area contributed by atoms with Crippen molar-refractivity contribution in [2.24, 2.45) is 0 Å². The minimum Gasteiger partial charge on any atom is -0.451 e. The third kappa shape index (κ3) is 3.17. The molecule has 1 atom stereocenters. The number of ether oxygens (including phenoxy) is 1. The maximum absolute atomic E-state index is 12.4. The van der Waals surface area contributed by atoms with Crippen LogP contribution in [0, 0.1) is 13.8 Å². The number of amides is 1. The fraction of sp³-hybridized carbons (Fsp3) is 0.368. The number of aromatic amines is 1. The van der Waals surface area contributed by atoms with Gasteiger partial charge in [0.05, 0.1) is 6.10 Å². The fourth-order valence-electron chi connectivity index (χ4n) is 3.47. The van der Waals surface area contributed by atoms with Crippen molar-refractivity contribution in [3.63, 3.8) is 0 Å². The molecule has 132 valence electrons. The quantitative estimate of drug-likeness (QED) is 0.836. The van der Waals surface area contributed by atoms with Crippen LogP contribution in [0.5, 0.6) is 0 Å². The van der Waals surface area contributed by atoms with Gasteiger partial charge in [-0.3, -0.25) is 4.79 Å². The van der Waals surface area contributed by atoms with Gasteiger partial charge < -0.3 is 19.7 Å². The molecule has 2 aromatic rings. The summed E-state index contributed by atoms with van der Waals surface area (Å²) in [6, 6.07) is 7.73. The van der Waals surface area contributed by atoms with Gasteiger partial charge in [-0.15, -0.1) is 0 Å². The summed E-state index contributed by atoms with van der Waals surface area (Å²) in [5.74, 6) is -0.830. The number of aliphatic hydroxyl groups is 1. The number of nitrogens with one attached hydrogen (secondary N) is 1. The Morgan fingerprint density at radius 3 is 2.72 bits per heavy atom. The lowest BCUT2D eigenvalue weighted by atomic mass is 10.1. The maximum Gasteiger partial charge on any atom is 0.355 e. The Morgan fingerprint density at radius 1 is 1.32 bits per heavy atom. The highest BCUT2D eigenvalue weighted by molar-refractivity contribution is 5.98. The van der Waals surface area contributed by atoms with Gasteiger partial charge in [0, 0.05) is 23.5 Å². The molecule has 3 rings (SSSR count). The molecule has 0 spiro atoms. The largest absolute Gasteiger partial charge is 0.451 e. The van der Waals surface area contributed by atoms with Crippen LogP contribution in [0.1, 0.15) is 45.9 Å². The van der Waals surface area contributed by atoms with E-state index in [1.165, 1.54) is 0 Å². The molecule has 6 heteroatoms. The highest BCUT2D eigenvalue weighted by atomic mass is 16.5. The van der Waals surface area contributed by atoms with E-state index >= 15 is 0 Å². The number of fused-ring (bicyclic) bond motifs is 1. The number of esters is 1. The number of para-hydroxylation sites is 1. The van der Waals surface area contributed by atoms with Crippen molar-refractivity contribution < 1.29 is 19.4 Å². The van der Waals surface area contributed by atoms with E-state index in [-0.39, 0.29) is 18.2 Å². The van der Waals surface area contributed by atoms with E-state index in [1.54, 1.807) is 25.7 Å². The van der Waals surface area contributed by atoms with E-state index in [0.29, 0.717) is 17.7 Å². The summed E-state index contributed by atoms with van der Waals surface area (Å²) >= 11 is 0. The predicted octanol–water partition coefficient (Wildman–Crippen LogP) is 2.43. The smallest absolute Gasteiger partial charge is 0.355 e. The molecule has 0 unspecified atom stereocenters. The standard InChI is InChI=1S/C19H22N2O4/c1-11-17(13(3)22)12(2)20-18(11)19(24)25-10-16(23)21-9-8-14-6-4-5-7-15(14)21/h4-7,13,20,22H,8-10H2,1-3H3/t13-/m0/s1. The summed E-state index contributed by atoms with van der Waals surface area (Å²) in [4.78, 5) is 29.3. The Balaban J connectivity index is 1.67. The van der Waals surface area contributed by atoms with Gasteiger partial charge in [-0.2, -0.15) is 0 Å². The number of aryl methyl sites for hydroxylation is 1. The average Bonchev–Trinajstić information content (AvgIpc) is 3.13. The van der Waals surface area contributed by atoms with E-state index in [2.05, 4.69) is 4.98 Å². The van der Waals surface area contributed by atoms with E-state index in [9.17, 15) is 14.7 Å². The van der Waals surface area contributed by atoms with E-state index in [1.807, 2.05) is 24.3 Å². The Kier molecular flexibility index (Phi) is 4.63. The molecule has 1 aromatic heterocycles. The summed E-state index contributed by atoms with van der Waals surface area (Å²) in [5, 5.41) is 9.80. The molecule has 25 heavy (non-hydrogen) atoms. The van der Waals surface area contributed by atoms with Crippen molar-refractivity contribution in [3.8, 4) is 0 Å². The number of H-pyrrole nitrogens is 1. The van der Waals surface area contributed by atoms with Gasteiger partial charge >= 0.3 is 5.97 Å². The van der Waals surface area contributed by atoms with Crippen molar-refractivity contribution in [1.82, 2.24) is 4.98 Å². The first kappa shape index (κ1) is 17.2. The molecule has 0 bridgehead atoms. The Morgan fingerprint density at radius 2 is 2.04 bits per heavy atom. The molecular weight excluding hydrogens is 320 g/mol. The number of aliphatic hydroxyl groups excluding tert-OH is 1. The van der Waals surface area contributed by atoms with Gasteiger partial charge in [0.2, 0.25) is 0 Å². The molecule has 1 aliphatic heterocycles. The van der Waals surface area contributed by atoms with E-state index < -0.39 is 12.1 Å². The number of rotatable bonds is 4. The molecule has 6 nitrogen and oxygen atoms in total. The Hall–Kier alpha value is -2.60. The Labute approximate surface area is 146 Å². The number of hydrogen-bond acceptors (Lipinski definition) is 4. The third-order valence-electron chi connectivity index (χ3n) is 4.63. The summed E-state index contributed by atoms with van der Waals surface area (Å²) in [5.41, 5.74) is 4.34. The zero-order valence-corrected chi connectivity index (χ0v) is 14.6. The van der Waals surface area contributed by atoms with Crippen LogP contribution in [-0.2, 0) is 16.0 Å². The van der Waals surface area contributed by atoms with Gasteiger partial charge in [-0.1, -0.05) is 18.2 Å². The van der Waals surface area contributed by atoms with Crippen LogP contribution in [-0.4, -0.2) is 35.1 Å². The van der Waals surface area contributed by atoms with Crippen molar-refractivity contribution in [2.45, 2.75) is 33.3 Å². The van der Waals surface area contributed by atoms with E-state index in [0.717, 1.165) is 23.4 Å². The average molecular weight is 342 g/mol. The number of nitrogens with zero attached hydrogens (tertiary/aromatic N) is 1. The summed E-state index contributed by atoms with van der Waals surface area (Å²) < 4.78 is 5.20. The molecule has 1 amide bonds. The lowest BCUT2D eigenvalue weighted by molar-refractivity contribution is -0.121. The molecule has 1 aliphatic rings. The second kappa shape index (κ2) is 6.72. The molecule has 1 aromatic carbocycles. The monoisotopic (exact) mass is 342 g/mol. The third-order valence-corrected chi connectivity index (χ3v) is 4.63. The predicted molar refractivity (Wildman–Crippen MR) is 93.7 cm³/mol. The number of benzene rings is 1. The lowest BCUT2D eigenvalue weighted by Crippen LogP contribution is -2.33. The van der Waals surface area contributed by atoms with Crippen LogP contribution in [0.25, 0.3) is 0 Å². The second-order valence-electron chi connectivity index (χ2n) is 6.34. The summed E-state index contributed by atoms with van der Waals surface area (Å²) in [6.07, 6.45) is 0.128. The normalized spacial score (nSPS) is 14.3. The molecule has 0 radical (unpaired) electrons. The zero-order valence-electron chi connectivity index (χ0n) is 14.6. The number of hydrogen-bond donors (Lipinski definition) is 2. The molecule has 0 saturated carbocycles. The molecule has 0 fully saturated rings. The second-order valence-corrected chi connectivity index (χ2v) is 6.34. The minimum absolute atomic E-state index is 0.241. The first-order chi connectivity index (χ1) is 11.9. The van der Waals surface area contributed by atoms with Gasteiger partial charge in [-0.05, 0) is 44.4 Å². The highest BCUT2D eigenvalue weighted by Crippen LogP contribution is 2.28. The topological polar surface area (TPSA) is 82.6 Å². The molecule has 0 aliphatic carbocycles. The van der Waals surface area contributed by atoms with Gasteiger partial charge in [0.1, 0.15) is 5.69 Å². The first-order valence-corrected chi connectivity index (χ1v) is 8.32. The zero-order chi connectivity index (χ0) is 18.1. The van der Waals surface area contributed by atoms with Crippen LogP contribution in [0.4, 0.5) is 5.69 Å². The minimum atomic E-state index is -0.680. The fourth-order valence-corrected chi connectivity index (χ4v) is 3.47. The number of aromatic nitrogens is 1. The van der Waals surface area contributed by atoms with Gasteiger partial charge in [0.15, 0.2) is 6.61 Å². The molecule has 2 heterocycles. The van der Waals surface area contributed by atoms with Crippen LogP contribution in [0.15, 0.2) is 24.3 Å². The number of anilines is 1. The summed E-state index contributed by atoms with van der Waals surface area (Å²) in [6.45, 7) is 5.47. The Bertz CT molecular complexity index is 823. The first-order valence-electron chi connectivity index (χ1n) is 8.32. The number of carbonyl (C=O) groups excluding carboxylic acids is 2. The van der Waals surface area contributed by atoms with Crippen LogP contribution in [0.3, 0.4) is 0 Å².